The second-order valence-corrected chi connectivity index (χ2v) is 9.88. The van der Waals surface area contributed by atoms with Crippen LogP contribution in [0.5, 0.6) is 0 Å². The van der Waals surface area contributed by atoms with Crippen molar-refractivity contribution in [3.05, 3.63) is 0 Å². The van der Waals surface area contributed by atoms with Gasteiger partial charge in [-0.15, -0.1) is 5.06 Å². The fourth-order valence-electron chi connectivity index (χ4n) is 3.57. The average Bonchev–Trinajstić information content (AvgIpc) is 3.40. The maximum absolute atomic E-state index is 11.7. The van der Waals surface area contributed by atoms with Crippen LogP contribution in [-0.4, -0.2) is 182 Å². The minimum Gasteiger partial charge on any atom is -0.382 e. The highest BCUT2D eigenvalue weighted by atomic mass is 16.7. The van der Waals surface area contributed by atoms with Crippen LogP contribution in [0.2, 0.25) is 0 Å². The van der Waals surface area contributed by atoms with E-state index >= 15 is 0 Å². The van der Waals surface area contributed by atoms with Gasteiger partial charge >= 0.3 is 5.97 Å². The van der Waals surface area contributed by atoms with Gasteiger partial charge in [-0.1, -0.05) is 0 Å². The van der Waals surface area contributed by atoms with Crippen LogP contribution in [0.3, 0.4) is 0 Å². The number of hydrogen-bond acceptors (Lipinski definition) is 16. The Morgan fingerprint density at radius 1 is 0.438 bits per heavy atom. The summed E-state index contributed by atoms with van der Waals surface area (Å²) in [6.07, 6.45) is 0.604. The summed E-state index contributed by atoms with van der Waals surface area (Å²) in [5.41, 5.74) is 0. The van der Waals surface area contributed by atoms with Gasteiger partial charge in [0.15, 0.2) is 0 Å². The normalized spacial score (nSPS) is 13.2. The van der Waals surface area contributed by atoms with Crippen molar-refractivity contribution in [2.75, 3.05) is 159 Å². The molecule has 0 N–H and O–H groups in total. The smallest absolute Gasteiger partial charge is 0.333 e. The van der Waals surface area contributed by atoms with Gasteiger partial charge in [-0.2, -0.15) is 0 Å². The van der Waals surface area contributed by atoms with E-state index < -0.39 is 17.8 Å². The number of hydroxylamine groups is 2. The Bertz CT molecular complexity index is 746. The molecule has 17 nitrogen and oxygen atoms in total. The molecule has 0 unspecified atom stereocenters. The maximum atomic E-state index is 11.7. The highest BCUT2D eigenvalue weighted by Crippen LogP contribution is 2.12. The lowest BCUT2D eigenvalue weighted by Gasteiger charge is -2.12. The van der Waals surface area contributed by atoms with Gasteiger partial charge < -0.3 is 61.7 Å². The summed E-state index contributed by atoms with van der Waals surface area (Å²) in [6, 6.07) is 0. The molecule has 48 heavy (non-hydrogen) atoms. The van der Waals surface area contributed by atoms with E-state index in [-0.39, 0.29) is 19.3 Å². The van der Waals surface area contributed by atoms with Crippen molar-refractivity contribution in [2.24, 2.45) is 0 Å². The number of methoxy groups -OCH3 is 1. The molecule has 2 amide bonds. The summed E-state index contributed by atoms with van der Waals surface area (Å²) in [5, 5.41) is 0.543. The van der Waals surface area contributed by atoms with E-state index in [0.717, 1.165) is 0 Å². The highest BCUT2D eigenvalue weighted by molar-refractivity contribution is 6.01. The fraction of sp³-hybridized carbons (Fsp3) is 0.903. The lowest BCUT2D eigenvalue weighted by molar-refractivity contribution is -0.197. The first-order chi connectivity index (χ1) is 23.6. The molecule has 1 heterocycles. The van der Waals surface area contributed by atoms with Crippen LogP contribution >= 0.6 is 0 Å². The molecule has 1 fully saturated rings. The lowest BCUT2D eigenvalue weighted by atomic mass is 10.3. The summed E-state index contributed by atoms with van der Waals surface area (Å²) in [7, 11) is 1.64. The van der Waals surface area contributed by atoms with E-state index in [9.17, 15) is 14.4 Å². The van der Waals surface area contributed by atoms with Gasteiger partial charge in [0.2, 0.25) is 0 Å². The molecule has 0 atom stereocenters. The Morgan fingerprint density at radius 3 is 0.958 bits per heavy atom. The molecule has 0 aromatic carbocycles. The van der Waals surface area contributed by atoms with Gasteiger partial charge in [0, 0.05) is 26.6 Å². The van der Waals surface area contributed by atoms with Gasteiger partial charge in [0.25, 0.3) is 11.8 Å². The Balaban J connectivity index is 1.64. The monoisotopic (exact) mass is 699 g/mol. The zero-order valence-corrected chi connectivity index (χ0v) is 28.6. The molecule has 1 rings (SSSR count). The van der Waals surface area contributed by atoms with E-state index in [0.29, 0.717) is 163 Å². The molecule has 0 aromatic rings. The molecule has 1 aliphatic rings. The summed E-state index contributed by atoms with van der Waals surface area (Å²) in [5.74, 6) is -1.62. The van der Waals surface area contributed by atoms with Gasteiger partial charge in [0.1, 0.15) is 0 Å². The molecule has 282 valence electrons. The van der Waals surface area contributed by atoms with Crippen LogP contribution in [-0.2, 0) is 76.1 Å². The molecule has 0 saturated carbocycles. The summed E-state index contributed by atoms with van der Waals surface area (Å²) >= 11 is 0. The first-order valence-corrected chi connectivity index (χ1v) is 16.6. The molecular weight excluding hydrogens is 642 g/mol. The van der Waals surface area contributed by atoms with E-state index in [1.54, 1.807) is 7.11 Å². The Kier molecular flexibility index (Phi) is 32.2. The lowest BCUT2D eigenvalue weighted by Crippen LogP contribution is -2.32. The van der Waals surface area contributed by atoms with Crippen molar-refractivity contribution in [1.82, 2.24) is 5.06 Å². The summed E-state index contributed by atoms with van der Waals surface area (Å²) in [6.45, 7) is 11.1. The van der Waals surface area contributed by atoms with E-state index in [1.807, 2.05) is 0 Å². The summed E-state index contributed by atoms with van der Waals surface area (Å²) in [4.78, 5) is 39.3. The first-order valence-electron chi connectivity index (χ1n) is 16.6. The van der Waals surface area contributed by atoms with Gasteiger partial charge in [0.05, 0.1) is 152 Å². The van der Waals surface area contributed by atoms with Crippen molar-refractivity contribution in [3.8, 4) is 0 Å². The minimum atomic E-state index is -0.636. The van der Waals surface area contributed by atoms with Crippen LogP contribution < -0.4 is 0 Å². The van der Waals surface area contributed by atoms with Gasteiger partial charge in [-0.25, -0.2) is 4.79 Å². The number of amides is 2. The third-order valence-electron chi connectivity index (χ3n) is 6.02. The predicted octanol–water partition coefficient (Wildman–Crippen LogP) is 0.203. The average molecular weight is 700 g/mol. The van der Waals surface area contributed by atoms with Crippen LogP contribution in [0.25, 0.3) is 0 Å². The zero-order valence-electron chi connectivity index (χ0n) is 28.6. The largest absolute Gasteiger partial charge is 0.382 e. The second kappa shape index (κ2) is 35.0. The molecule has 0 bridgehead atoms. The Hall–Kier alpha value is -1.87. The number of hydrogen-bond donors (Lipinski definition) is 0. The predicted molar refractivity (Wildman–Crippen MR) is 167 cm³/mol. The maximum Gasteiger partial charge on any atom is 0.333 e. The topological polar surface area (TPSA) is 174 Å². The molecule has 1 saturated heterocycles. The van der Waals surface area contributed by atoms with Crippen LogP contribution in [0.4, 0.5) is 0 Å². The third kappa shape index (κ3) is 29.1. The van der Waals surface area contributed by atoms with Crippen molar-refractivity contribution in [2.45, 2.75) is 25.7 Å². The Labute approximate surface area is 283 Å². The van der Waals surface area contributed by atoms with Crippen molar-refractivity contribution in [3.63, 3.8) is 0 Å². The fourth-order valence-corrected chi connectivity index (χ4v) is 3.57. The summed E-state index contributed by atoms with van der Waals surface area (Å²) < 4.78 is 64.5. The minimum absolute atomic E-state index is 0.0484. The third-order valence-corrected chi connectivity index (χ3v) is 6.02. The van der Waals surface area contributed by atoms with Crippen molar-refractivity contribution < 1.29 is 76.1 Å². The zero-order chi connectivity index (χ0) is 34.6. The van der Waals surface area contributed by atoms with Gasteiger partial charge in [-0.05, 0) is 6.42 Å². The number of carbonyl (C=O) groups is 3. The van der Waals surface area contributed by atoms with E-state index in [4.69, 9.17) is 61.7 Å². The number of nitrogens with zero attached hydrogens (tertiary/aromatic N) is 1. The molecule has 0 aromatic heterocycles. The van der Waals surface area contributed by atoms with Crippen molar-refractivity contribution >= 4 is 17.8 Å². The molecule has 1 aliphatic heterocycles. The van der Waals surface area contributed by atoms with Crippen LogP contribution in [0.1, 0.15) is 25.7 Å². The first kappa shape index (κ1) is 44.2. The molecule has 0 spiro atoms. The standard InChI is InChI=1S/C31H57NO16/c1-36-7-8-38-11-12-40-15-16-42-19-20-44-23-24-46-27-28-47-26-25-45-22-21-43-18-17-41-14-13-39-10-9-37-6-2-3-31(35)48-32-29(33)4-5-30(32)34/h2-28H2,1H3. The number of imide groups is 1. The molecule has 17 heteroatoms. The SMILES string of the molecule is COCCOCCOCCOCCOCCOCCOCCOCCOCCOCCOCCOCCCC(=O)ON1C(=O)CCC1=O. The number of carbonyl (C=O) groups excluding carboxylic acids is 3. The number of rotatable bonds is 38. The number of ether oxygens (including phenoxy) is 12. The quantitative estimate of drug-likeness (QED) is 0.0631. The van der Waals surface area contributed by atoms with E-state index in [1.165, 1.54) is 0 Å². The van der Waals surface area contributed by atoms with E-state index in [2.05, 4.69) is 0 Å². The second-order valence-electron chi connectivity index (χ2n) is 9.88. The van der Waals surface area contributed by atoms with Crippen LogP contribution in [0, 0.1) is 0 Å². The Morgan fingerprint density at radius 2 is 0.688 bits per heavy atom. The molecule has 0 aliphatic carbocycles. The van der Waals surface area contributed by atoms with Crippen LogP contribution in [0.15, 0.2) is 0 Å². The van der Waals surface area contributed by atoms with Crippen molar-refractivity contribution in [1.29, 1.82) is 0 Å². The highest BCUT2D eigenvalue weighted by Gasteiger charge is 2.32. The molecule has 0 radical (unpaired) electrons. The van der Waals surface area contributed by atoms with Gasteiger partial charge in [-0.3, -0.25) is 9.59 Å². The molecular formula is C31H57NO16.